The summed E-state index contributed by atoms with van der Waals surface area (Å²) in [6, 6.07) is 18.2. The van der Waals surface area contributed by atoms with E-state index in [9.17, 15) is 5.11 Å². The van der Waals surface area contributed by atoms with Gasteiger partial charge in [0.25, 0.3) is 0 Å². The monoisotopic (exact) mass is 401 g/mol. The SMILES string of the molecule is OC(c1cccnc1)(c1cccnc1)C(c1cc2ccccc2s1)N1CCCC1. The summed E-state index contributed by atoms with van der Waals surface area (Å²) in [6.07, 6.45) is 9.36. The van der Waals surface area contributed by atoms with Crippen molar-refractivity contribution in [2.24, 2.45) is 0 Å². The first-order chi connectivity index (χ1) is 14.3. The van der Waals surface area contributed by atoms with E-state index in [1.807, 2.05) is 24.3 Å². The van der Waals surface area contributed by atoms with Gasteiger partial charge in [0.05, 0.1) is 6.04 Å². The van der Waals surface area contributed by atoms with Crippen molar-refractivity contribution in [2.75, 3.05) is 13.1 Å². The second-order valence-corrected chi connectivity index (χ2v) is 8.70. The maximum absolute atomic E-state index is 12.4. The molecule has 1 aromatic carbocycles. The van der Waals surface area contributed by atoms with Gasteiger partial charge in [-0.25, -0.2) is 0 Å². The summed E-state index contributed by atoms with van der Waals surface area (Å²) in [4.78, 5) is 12.2. The molecule has 1 atom stereocenters. The molecule has 0 aliphatic carbocycles. The Hall–Kier alpha value is -2.60. The highest BCUT2D eigenvalue weighted by Crippen LogP contribution is 2.48. The maximum Gasteiger partial charge on any atom is 0.138 e. The molecule has 146 valence electrons. The molecule has 0 radical (unpaired) electrons. The zero-order valence-corrected chi connectivity index (χ0v) is 16.9. The standard InChI is InChI=1S/C24H23N3OS/c28-24(19-8-5-11-25-16-19,20-9-6-12-26-17-20)23(27-13-3-4-14-27)22-15-18-7-1-2-10-21(18)29-22/h1-2,5-12,15-17,23,28H,3-4,13-14H2. The highest BCUT2D eigenvalue weighted by molar-refractivity contribution is 7.19. The summed E-state index contributed by atoms with van der Waals surface area (Å²) in [6.45, 7) is 1.95. The molecule has 1 aliphatic heterocycles. The predicted molar refractivity (Wildman–Crippen MR) is 117 cm³/mol. The number of rotatable bonds is 5. The summed E-state index contributed by atoms with van der Waals surface area (Å²) in [5, 5.41) is 13.7. The first-order valence-corrected chi connectivity index (χ1v) is 10.8. The highest BCUT2D eigenvalue weighted by atomic mass is 32.1. The van der Waals surface area contributed by atoms with Gasteiger partial charge in [0.15, 0.2) is 0 Å². The van der Waals surface area contributed by atoms with Crippen molar-refractivity contribution >= 4 is 21.4 Å². The lowest BCUT2D eigenvalue weighted by atomic mass is 9.80. The third kappa shape index (κ3) is 3.25. The Kier molecular flexibility index (Phi) is 4.87. The predicted octanol–water partition coefficient (Wildman–Crippen LogP) is 4.76. The van der Waals surface area contributed by atoms with Crippen LogP contribution >= 0.6 is 11.3 Å². The Balaban J connectivity index is 1.75. The summed E-state index contributed by atoms with van der Waals surface area (Å²) in [5.74, 6) is 0. The van der Waals surface area contributed by atoms with Gasteiger partial charge >= 0.3 is 0 Å². The van der Waals surface area contributed by atoms with Crippen LogP contribution in [0, 0.1) is 0 Å². The third-order valence-corrected chi connectivity index (χ3v) is 6.99. The van der Waals surface area contributed by atoms with Crippen LogP contribution in [-0.2, 0) is 5.60 Å². The molecule has 29 heavy (non-hydrogen) atoms. The van der Waals surface area contributed by atoms with Gasteiger partial charge < -0.3 is 5.11 Å². The molecule has 0 saturated carbocycles. The molecule has 1 N–H and O–H groups in total. The molecule has 5 rings (SSSR count). The van der Waals surface area contributed by atoms with Gasteiger partial charge in [0, 0.05) is 45.5 Å². The van der Waals surface area contributed by atoms with Crippen LogP contribution in [-0.4, -0.2) is 33.1 Å². The van der Waals surface area contributed by atoms with Crippen LogP contribution in [0.2, 0.25) is 0 Å². The number of aliphatic hydroxyl groups is 1. The highest BCUT2D eigenvalue weighted by Gasteiger charge is 2.46. The Morgan fingerprint density at radius 1 is 0.897 bits per heavy atom. The number of nitrogens with zero attached hydrogens (tertiary/aromatic N) is 3. The second kappa shape index (κ2) is 7.67. The average Bonchev–Trinajstić information content (AvgIpc) is 3.45. The van der Waals surface area contributed by atoms with Crippen molar-refractivity contribution in [3.63, 3.8) is 0 Å². The molecule has 1 aliphatic rings. The number of thiophene rings is 1. The van der Waals surface area contributed by atoms with Crippen molar-refractivity contribution in [1.82, 2.24) is 14.9 Å². The molecular formula is C24H23N3OS. The lowest BCUT2D eigenvalue weighted by Gasteiger charge is -2.41. The third-order valence-electron chi connectivity index (χ3n) is 5.82. The molecule has 0 spiro atoms. The van der Waals surface area contributed by atoms with E-state index in [1.165, 1.54) is 15.0 Å². The Morgan fingerprint density at radius 2 is 1.55 bits per heavy atom. The van der Waals surface area contributed by atoms with E-state index in [4.69, 9.17) is 0 Å². The van der Waals surface area contributed by atoms with Crippen LogP contribution < -0.4 is 0 Å². The molecule has 1 saturated heterocycles. The maximum atomic E-state index is 12.4. The van der Waals surface area contributed by atoms with Crippen LogP contribution in [0.3, 0.4) is 0 Å². The van der Waals surface area contributed by atoms with Crippen LogP contribution in [0.1, 0.15) is 34.9 Å². The first-order valence-electron chi connectivity index (χ1n) is 10.0. The minimum Gasteiger partial charge on any atom is -0.378 e. The number of hydrogen-bond acceptors (Lipinski definition) is 5. The zero-order valence-electron chi connectivity index (χ0n) is 16.1. The fourth-order valence-electron chi connectivity index (χ4n) is 4.45. The largest absolute Gasteiger partial charge is 0.378 e. The fourth-order valence-corrected chi connectivity index (χ4v) is 5.71. The summed E-state index contributed by atoms with van der Waals surface area (Å²) in [7, 11) is 0. The van der Waals surface area contributed by atoms with E-state index in [2.05, 4.69) is 45.2 Å². The molecule has 0 bridgehead atoms. The lowest BCUT2D eigenvalue weighted by Crippen LogP contribution is -2.44. The minimum absolute atomic E-state index is 0.198. The Bertz CT molecular complexity index is 1020. The number of likely N-dealkylation sites (tertiary alicyclic amines) is 1. The number of aromatic nitrogens is 2. The second-order valence-electron chi connectivity index (χ2n) is 7.58. The minimum atomic E-state index is -1.24. The van der Waals surface area contributed by atoms with Gasteiger partial charge in [0.2, 0.25) is 0 Å². The van der Waals surface area contributed by atoms with E-state index in [0.717, 1.165) is 37.1 Å². The quantitative estimate of drug-likeness (QED) is 0.524. The van der Waals surface area contributed by atoms with Gasteiger partial charge in [-0.2, -0.15) is 0 Å². The van der Waals surface area contributed by atoms with Gasteiger partial charge in [-0.15, -0.1) is 11.3 Å². The number of pyridine rings is 2. The molecule has 0 amide bonds. The van der Waals surface area contributed by atoms with E-state index < -0.39 is 5.60 Å². The summed E-state index contributed by atoms with van der Waals surface area (Å²) >= 11 is 1.77. The number of fused-ring (bicyclic) bond motifs is 1. The van der Waals surface area contributed by atoms with Crippen LogP contribution in [0.25, 0.3) is 10.1 Å². The van der Waals surface area contributed by atoms with E-state index in [1.54, 1.807) is 36.1 Å². The smallest absolute Gasteiger partial charge is 0.138 e. The van der Waals surface area contributed by atoms with Gasteiger partial charge in [-0.1, -0.05) is 30.3 Å². The van der Waals surface area contributed by atoms with Crippen LogP contribution in [0.5, 0.6) is 0 Å². The van der Waals surface area contributed by atoms with E-state index in [0.29, 0.717) is 0 Å². The van der Waals surface area contributed by atoms with Gasteiger partial charge in [-0.3, -0.25) is 14.9 Å². The zero-order chi connectivity index (χ0) is 19.7. The van der Waals surface area contributed by atoms with E-state index >= 15 is 0 Å². The molecule has 1 fully saturated rings. The van der Waals surface area contributed by atoms with Crippen LogP contribution in [0.4, 0.5) is 0 Å². The topological polar surface area (TPSA) is 49.3 Å². The normalized spacial score (nSPS) is 16.3. The van der Waals surface area contributed by atoms with Crippen molar-refractivity contribution in [2.45, 2.75) is 24.5 Å². The molecule has 3 aromatic heterocycles. The van der Waals surface area contributed by atoms with Crippen LogP contribution in [0.15, 0.2) is 79.4 Å². The van der Waals surface area contributed by atoms with Gasteiger partial charge in [0.1, 0.15) is 5.60 Å². The molecule has 4 heterocycles. The molecule has 1 unspecified atom stereocenters. The van der Waals surface area contributed by atoms with Crippen molar-refractivity contribution in [3.05, 3.63) is 95.4 Å². The van der Waals surface area contributed by atoms with E-state index in [-0.39, 0.29) is 6.04 Å². The van der Waals surface area contributed by atoms with Crippen molar-refractivity contribution in [3.8, 4) is 0 Å². The lowest BCUT2D eigenvalue weighted by molar-refractivity contribution is -0.0136. The van der Waals surface area contributed by atoms with Crippen molar-refractivity contribution in [1.29, 1.82) is 0 Å². The first kappa shape index (κ1) is 18.4. The van der Waals surface area contributed by atoms with Gasteiger partial charge in [-0.05, 0) is 55.6 Å². The number of benzene rings is 1. The summed E-state index contributed by atoms with van der Waals surface area (Å²) < 4.78 is 1.24. The molecular weight excluding hydrogens is 378 g/mol. The number of hydrogen-bond donors (Lipinski definition) is 1. The van der Waals surface area contributed by atoms with Crippen molar-refractivity contribution < 1.29 is 5.11 Å². The fraction of sp³-hybridized carbons (Fsp3) is 0.250. The Labute approximate surface area is 174 Å². The molecule has 4 aromatic rings. The Morgan fingerprint density at radius 3 is 2.14 bits per heavy atom. The average molecular weight is 402 g/mol. The molecule has 5 heteroatoms. The summed E-state index contributed by atoms with van der Waals surface area (Å²) in [5.41, 5.74) is 0.345. The molecule has 4 nitrogen and oxygen atoms in total.